The molecule has 0 aliphatic carbocycles. The third-order valence-electron chi connectivity index (χ3n) is 4.25. The van der Waals surface area contributed by atoms with Crippen LogP contribution in [0.25, 0.3) is 0 Å². The Morgan fingerprint density at radius 3 is 2.34 bits per heavy atom. The maximum Gasteiger partial charge on any atom is 0.417 e. The second-order valence-electron chi connectivity index (χ2n) is 9.66. The first kappa shape index (κ1) is 29.7. The first-order chi connectivity index (χ1) is 16.0. The molecule has 0 atom stereocenters. The molecule has 0 saturated carbocycles. The van der Waals surface area contributed by atoms with Crippen molar-refractivity contribution in [3.63, 3.8) is 0 Å². The molecule has 2 N–H and O–H groups in total. The second-order valence-corrected chi connectivity index (χ2v) is 11.4. The fourth-order valence-corrected chi connectivity index (χ4v) is 4.34. The van der Waals surface area contributed by atoms with E-state index in [1.807, 2.05) is 33.0 Å². The monoisotopic (exact) mass is 511 g/mol. The van der Waals surface area contributed by atoms with Gasteiger partial charge in [0.15, 0.2) is 6.61 Å². The number of carbonyl (C=O) groups is 2. The number of benzene rings is 1. The number of amides is 2. The van der Waals surface area contributed by atoms with E-state index in [-0.39, 0.29) is 16.8 Å². The number of sulfonamides is 1. The summed E-state index contributed by atoms with van der Waals surface area (Å²) in [6.07, 6.45) is -0.106. The van der Waals surface area contributed by atoms with Crippen molar-refractivity contribution in [2.24, 2.45) is 5.41 Å². The predicted octanol–water partition coefficient (Wildman–Crippen LogP) is 4.37. The Hall–Kier alpha value is -3.33. The molecule has 0 spiro atoms. The molecule has 2 amide bonds. The van der Waals surface area contributed by atoms with Gasteiger partial charge < -0.3 is 9.47 Å². The maximum absolute atomic E-state index is 12.2. The normalized spacial score (nSPS) is 11.6. The van der Waals surface area contributed by atoms with Gasteiger partial charge in [0.05, 0.1) is 4.92 Å². The minimum absolute atomic E-state index is 0.0987. The number of anilines is 1. The van der Waals surface area contributed by atoms with Crippen LogP contribution in [0.1, 0.15) is 59.9 Å². The van der Waals surface area contributed by atoms with Crippen LogP contribution >= 0.6 is 0 Å². The van der Waals surface area contributed by atoms with E-state index in [2.05, 4.69) is 16.6 Å². The van der Waals surface area contributed by atoms with Gasteiger partial charge in [0.25, 0.3) is 5.69 Å². The Bertz CT molecular complexity index is 1100. The van der Waals surface area contributed by atoms with Gasteiger partial charge in [-0.15, -0.1) is 0 Å². The summed E-state index contributed by atoms with van der Waals surface area (Å²) in [6.45, 7) is 10.9. The Morgan fingerprint density at radius 2 is 1.77 bits per heavy atom. The summed E-state index contributed by atoms with van der Waals surface area (Å²) in [6, 6.07) is 4.28. The summed E-state index contributed by atoms with van der Waals surface area (Å²) < 4.78 is 36.6. The number of imide groups is 1. The van der Waals surface area contributed by atoms with Crippen molar-refractivity contribution >= 4 is 33.6 Å². The third kappa shape index (κ3) is 12.1. The van der Waals surface area contributed by atoms with Gasteiger partial charge in [-0.25, -0.2) is 23.3 Å². The number of nitro groups is 1. The Morgan fingerprint density at radius 1 is 1.11 bits per heavy atom. The molecule has 0 fully saturated rings. The van der Waals surface area contributed by atoms with Gasteiger partial charge in [0.1, 0.15) is 17.0 Å². The van der Waals surface area contributed by atoms with Gasteiger partial charge in [0, 0.05) is 6.07 Å². The largest absolute Gasteiger partial charge is 0.443 e. The molecule has 0 unspecified atom stereocenters. The molecule has 12 heteroatoms. The molecule has 11 nitrogen and oxygen atoms in total. The van der Waals surface area contributed by atoms with Crippen molar-refractivity contribution in [1.29, 1.82) is 0 Å². The van der Waals surface area contributed by atoms with Crippen molar-refractivity contribution in [2.75, 3.05) is 17.1 Å². The third-order valence-corrected chi connectivity index (χ3v) is 5.31. The zero-order chi connectivity index (χ0) is 26.9. The van der Waals surface area contributed by atoms with Crippen LogP contribution in [0.2, 0.25) is 0 Å². The van der Waals surface area contributed by atoms with E-state index in [1.165, 1.54) is 12.1 Å². The zero-order valence-electron chi connectivity index (χ0n) is 20.9. The highest BCUT2D eigenvalue weighted by Gasteiger charge is 2.29. The van der Waals surface area contributed by atoms with Crippen LogP contribution in [0.5, 0.6) is 0 Å². The highest BCUT2D eigenvalue weighted by molar-refractivity contribution is 7.92. The molecule has 194 valence electrons. The molecule has 1 aromatic rings. The predicted molar refractivity (Wildman–Crippen MR) is 131 cm³/mol. The average Bonchev–Trinajstić information content (AvgIpc) is 2.66. The first-order valence-electron chi connectivity index (χ1n) is 10.9. The minimum atomic E-state index is -4.03. The molecule has 0 radical (unpaired) electrons. The average molecular weight is 512 g/mol. The van der Waals surface area contributed by atoms with Gasteiger partial charge in [-0.3, -0.25) is 14.8 Å². The van der Waals surface area contributed by atoms with Gasteiger partial charge in [-0.2, -0.15) is 0 Å². The Labute approximate surface area is 206 Å². The molecule has 0 saturated heterocycles. The maximum atomic E-state index is 12.2. The highest BCUT2D eigenvalue weighted by Crippen LogP contribution is 2.29. The lowest BCUT2D eigenvalue weighted by Crippen LogP contribution is -2.39. The standard InChI is InChI=1S/C23H33N3O8S/c1-7-10-17-11-12-18(19(15-17)26(29)30)25-35(31,32)14-9-8-13-33-20(27)24-21(28)34-23(5,6)16-22(2,3)4/h11-12,15,25H,7,10,13-14,16H2,1-6H3,(H,24,27,28). The van der Waals surface area contributed by atoms with Crippen molar-refractivity contribution < 1.29 is 32.4 Å². The van der Waals surface area contributed by atoms with Crippen molar-refractivity contribution in [1.82, 2.24) is 5.32 Å². The summed E-state index contributed by atoms with van der Waals surface area (Å²) in [4.78, 5) is 34.2. The summed E-state index contributed by atoms with van der Waals surface area (Å²) >= 11 is 0. The number of rotatable bonds is 9. The number of nitro benzene ring substituents is 1. The smallest absolute Gasteiger partial charge is 0.417 e. The highest BCUT2D eigenvalue weighted by atomic mass is 32.2. The molecule has 0 heterocycles. The lowest BCUT2D eigenvalue weighted by atomic mass is 9.84. The molecule has 35 heavy (non-hydrogen) atoms. The summed E-state index contributed by atoms with van der Waals surface area (Å²) in [5.74, 6) is 3.96. The molecule has 0 aliphatic rings. The van der Waals surface area contributed by atoms with Crippen LogP contribution in [-0.4, -0.2) is 43.5 Å². The summed E-state index contributed by atoms with van der Waals surface area (Å²) in [7, 11) is -4.03. The van der Waals surface area contributed by atoms with E-state index in [4.69, 9.17) is 9.47 Å². The fourth-order valence-electron chi connectivity index (χ4n) is 3.47. The second kappa shape index (κ2) is 12.4. The molecular weight excluding hydrogens is 478 g/mol. The van der Waals surface area contributed by atoms with Crippen molar-refractivity contribution in [3.8, 4) is 11.8 Å². The lowest BCUT2D eigenvalue weighted by molar-refractivity contribution is -0.383. The SMILES string of the molecule is CCCc1ccc(NS(=O)(=O)CC#CCOC(=O)NC(=O)OC(C)(C)CC(C)(C)C)c([N+](=O)[O-])c1. The number of carbonyl (C=O) groups excluding carboxylic acids is 2. The fraction of sp³-hybridized carbons (Fsp3) is 0.565. The molecule has 0 aromatic heterocycles. The first-order valence-corrected chi connectivity index (χ1v) is 12.6. The van der Waals surface area contributed by atoms with Gasteiger partial charge in [-0.05, 0) is 43.7 Å². The quantitative estimate of drug-likeness (QED) is 0.281. The van der Waals surface area contributed by atoms with E-state index in [0.29, 0.717) is 12.8 Å². The number of aryl methyl sites for hydroxylation is 1. The van der Waals surface area contributed by atoms with Crippen LogP contribution in [0.3, 0.4) is 0 Å². The van der Waals surface area contributed by atoms with E-state index in [9.17, 15) is 28.1 Å². The van der Waals surface area contributed by atoms with Crippen LogP contribution < -0.4 is 10.0 Å². The van der Waals surface area contributed by atoms with Crippen LogP contribution in [0, 0.1) is 27.4 Å². The van der Waals surface area contributed by atoms with Gasteiger partial charge in [-0.1, -0.05) is 52.0 Å². The lowest BCUT2D eigenvalue weighted by Gasteiger charge is -2.31. The van der Waals surface area contributed by atoms with Gasteiger partial charge >= 0.3 is 12.2 Å². The van der Waals surface area contributed by atoms with Crippen LogP contribution in [0.15, 0.2) is 18.2 Å². The van der Waals surface area contributed by atoms with Crippen LogP contribution in [0.4, 0.5) is 21.0 Å². The van der Waals surface area contributed by atoms with E-state index < -0.39 is 45.1 Å². The Balaban J connectivity index is 2.59. The number of hydrogen-bond acceptors (Lipinski definition) is 8. The molecule has 0 bridgehead atoms. The van der Waals surface area contributed by atoms with E-state index in [1.54, 1.807) is 19.9 Å². The number of nitrogens with one attached hydrogen (secondary N) is 2. The number of hydrogen-bond donors (Lipinski definition) is 2. The molecular formula is C23H33N3O8S. The van der Waals surface area contributed by atoms with Crippen molar-refractivity contribution in [3.05, 3.63) is 33.9 Å². The molecule has 0 aliphatic heterocycles. The number of alkyl carbamates (subject to hydrolysis) is 2. The van der Waals surface area contributed by atoms with E-state index in [0.717, 1.165) is 12.0 Å². The zero-order valence-corrected chi connectivity index (χ0v) is 21.7. The molecule has 1 aromatic carbocycles. The van der Waals surface area contributed by atoms with Crippen molar-refractivity contribution in [2.45, 2.75) is 66.4 Å². The van der Waals surface area contributed by atoms with Gasteiger partial charge in [0.2, 0.25) is 10.0 Å². The topological polar surface area (TPSA) is 154 Å². The minimum Gasteiger partial charge on any atom is -0.443 e. The Kier molecular flexibility index (Phi) is 10.5. The molecule has 1 rings (SSSR count). The summed E-state index contributed by atoms with van der Waals surface area (Å²) in [5, 5.41) is 13.2. The van der Waals surface area contributed by atoms with Crippen LogP contribution in [-0.2, 0) is 25.9 Å². The summed E-state index contributed by atoms with van der Waals surface area (Å²) in [5.41, 5.74) is -0.711. The number of nitrogens with zero attached hydrogens (tertiary/aromatic N) is 1. The van der Waals surface area contributed by atoms with E-state index >= 15 is 0 Å². The number of ether oxygens (including phenoxy) is 2.